The van der Waals surface area contributed by atoms with Gasteiger partial charge in [0.2, 0.25) is 0 Å². The predicted octanol–water partition coefficient (Wildman–Crippen LogP) is 5.77. The van der Waals surface area contributed by atoms with Gasteiger partial charge in [0.25, 0.3) is 5.91 Å². The highest BCUT2D eigenvalue weighted by atomic mass is 19.4. The van der Waals surface area contributed by atoms with Gasteiger partial charge >= 0.3 is 12.3 Å². The van der Waals surface area contributed by atoms with Crippen LogP contribution in [0, 0.1) is 6.92 Å². The van der Waals surface area contributed by atoms with Crippen LogP contribution in [-0.2, 0) is 10.2 Å². The normalized spacial score (nSPS) is 13.6. The third-order valence-corrected chi connectivity index (χ3v) is 5.78. The van der Waals surface area contributed by atoms with E-state index in [0.717, 1.165) is 18.6 Å². The lowest BCUT2D eigenvalue weighted by atomic mass is 9.76. The lowest BCUT2D eigenvalue weighted by molar-refractivity contribution is -0.274. The van der Waals surface area contributed by atoms with Crippen LogP contribution in [0.4, 0.5) is 13.2 Å². The zero-order valence-corrected chi connectivity index (χ0v) is 18.4. The van der Waals surface area contributed by atoms with Crippen molar-refractivity contribution < 1.29 is 37.7 Å². The number of carboxylic acids is 1. The van der Waals surface area contributed by atoms with Gasteiger partial charge in [-0.3, -0.25) is 14.2 Å². The molecular formula is C24H24F3NO5. The lowest BCUT2D eigenvalue weighted by Gasteiger charge is -2.26. The quantitative estimate of drug-likeness (QED) is 0.464. The first-order valence-corrected chi connectivity index (χ1v) is 10.4. The van der Waals surface area contributed by atoms with E-state index in [2.05, 4.69) is 4.74 Å². The number of carboxylic acid groups (broad SMARTS) is 1. The van der Waals surface area contributed by atoms with Crippen molar-refractivity contribution in [3.63, 3.8) is 0 Å². The van der Waals surface area contributed by atoms with Crippen molar-refractivity contribution in [3.8, 4) is 11.5 Å². The van der Waals surface area contributed by atoms with Crippen LogP contribution in [0.3, 0.4) is 0 Å². The smallest absolute Gasteiger partial charge is 0.508 e. The zero-order valence-electron chi connectivity index (χ0n) is 18.4. The number of nitrogens with zero attached hydrogens (tertiary/aromatic N) is 1. The van der Waals surface area contributed by atoms with Crippen LogP contribution in [0.15, 0.2) is 42.5 Å². The second-order valence-electron chi connectivity index (χ2n) is 8.12. The average Bonchev–Trinajstić information content (AvgIpc) is 3.02. The molecule has 0 unspecified atom stereocenters. The van der Waals surface area contributed by atoms with Crippen LogP contribution in [0.1, 0.15) is 54.7 Å². The third kappa shape index (κ3) is 4.67. The molecule has 0 aliphatic rings. The van der Waals surface area contributed by atoms with Crippen molar-refractivity contribution in [2.75, 3.05) is 0 Å². The Morgan fingerprint density at radius 2 is 1.73 bits per heavy atom. The molecule has 0 saturated carbocycles. The summed E-state index contributed by atoms with van der Waals surface area (Å²) >= 11 is 0. The summed E-state index contributed by atoms with van der Waals surface area (Å²) in [6, 6.07) is 8.83. The molecular weight excluding hydrogens is 439 g/mol. The number of hydrogen-bond donors (Lipinski definition) is 2. The third-order valence-electron chi connectivity index (χ3n) is 5.78. The van der Waals surface area contributed by atoms with Crippen molar-refractivity contribution >= 4 is 22.8 Å². The van der Waals surface area contributed by atoms with Crippen LogP contribution in [0.5, 0.6) is 11.5 Å². The molecule has 0 aliphatic carbocycles. The number of aliphatic carboxylic acids is 1. The Morgan fingerprint density at radius 3 is 2.27 bits per heavy atom. The number of carbonyl (C=O) groups excluding carboxylic acids is 1. The van der Waals surface area contributed by atoms with E-state index in [1.807, 2.05) is 6.92 Å². The van der Waals surface area contributed by atoms with Gasteiger partial charge in [-0.1, -0.05) is 19.8 Å². The first-order chi connectivity index (χ1) is 15.4. The summed E-state index contributed by atoms with van der Waals surface area (Å²) < 4.78 is 42.5. The fourth-order valence-electron chi connectivity index (χ4n) is 4.16. The Hall–Kier alpha value is -3.49. The van der Waals surface area contributed by atoms with Gasteiger partial charge in [-0.15, -0.1) is 13.2 Å². The number of unbranched alkanes of at least 4 members (excludes halogenated alkanes) is 1. The summed E-state index contributed by atoms with van der Waals surface area (Å²) in [5.74, 6) is -2.14. The van der Waals surface area contributed by atoms with E-state index in [1.165, 1.54) is 34.9 Å². The molecule has 3 rings (SSSR count). The lowest BCUT2D eigenvalue weighted by Crippen LogP contribution is -2.33. The van der Waals surface area contributed by atoms with Gasteiger partial charge in [-0.05, 0) is 68.3 Å². The van der Waals surface area contributed by atoms with Crippen molar-refractivity contribution in [2.24, 2.45) is 0 Å². The van der Waals surface area contributed by atoms with Crippen LogP contribution in [0.25, 0.3) is 10.9 Å². The van der Waals surface area contributed by atoms with Crippen molar-refractivity contribution in [1.82, 2.24) is 4.57 Å². The molecule has 0 saturated heterocycles. The molecule has 33 heavy (non-hydrogen) atoms. The molecule has 1 aromatic heterocycles. The number of rotatable bonds is 7. The SMILES string of the molecule is CCCC[C@@](C)(C(=O)O)c1c(C)n(C(=O)c2ccc(OC(F)(F)F)cc2)c2ccc(O)cc12. The number of aromatic nitrogens is 1. The number of benzene rings is 2. The Bertz CT molecular complexity index is 1200. The molecule has 0 fully saturated rings. The molecule has 1 heterocycles. The maximum atomic E-state index is 13.4. The van der Waals surface area contributed by atoms with E-state index < -0.39 is 29.4 Å². The van der Waals surface area contributed by atoms with Gasteiger partial charge in [0.15, 0.2) is 0 Å². The minimum Gasteiger partial charge on any atom is -0.508 e. The van der Waals surface area contributed by atoms with Crippen molar-refractivity contribution in [3.05, 3.63) is 59.3 Å². The van der Waals surface area contributed by atoms with E-state index >= 15 is 0 Å². The van der Waals surface area contributed by atoms with Crippen molar-refractivity contribution in [1.29, 1.82) is 0 Å². The number of ether oxygens (including phenoxy) is 1. The molecule has 0 bridgehead atoms. The largest absolute Gasteiger partial charge is 0.573 e. The molecule has 176 valence electrons. The fraction of sp³-hybridized carbons (Fsp3) is 0.333. The first kappa shape index (κ1) is 24.2. The van der Waals surface area contributed by atoms with E-state index in [-0.39, 0.29) is 11.3 Å². The molecule has 2 N–H and O–H groups in total. The summed E-state index contributed by atoms with van der Waals surface area (Å²) in [6.45, 7) is 5.16. The highest BCUT2D eigenvalue weighted by molar-refractivity contribution is 6.05. The van der Waals surface area contributed by atoms with Gasteiger partial charge in [-0.25, -0.2) is 0 Å². The van der Waals surface area contributed by atoms with E-state index in [0.29, 0.717) is 35.0 Å². The van der Waals surface area contributed by atoms with Gasteiger partial charge in [0.05, 0.1) is 10.9 Å². The molecule has 6 nitrogen and oxygen atoms in total. The second-order valence-corrected chi connectivity index (χ2v) is 8.12. The fourth-order valence-corrected chi connectivity index (χ4v) is 4.16. The number of halogens is 3. The van der Waals surface area contributed by atoms with Crippen LogP contribution in [0.2, 0.25) is 0 Å². The molecule has 0 aliphatic heterocycles. The molecule has 0 radical (unpaired) electrons. The van der Waals surface area contributed by atoms with Gasteiger partial charge in [-0.2, -0.15) is 0 Å². The van der Waals surface area contributed by atoms with E-state index in [9.17, 15) is 33.0 Å². The summed E-state index contributed by atoms with van der Waals surface area (Å²) in [4.78, 5) is 25.7. The first-order valence-electron chi connectivity index (χ1n) is 10.4. The van der Waals surface area contributed by atoms with E-state index in [4.69, 9.17) is 0 Å². The monoisotopic (exact) mass is 463 g/mol. The Kier molecular flexibility index (Phi) is 6.44. The number of fused-ring (bicyclic) bond motifs is 1. The molecule has 9 heteroatoms. The predicted molar refractivity (Wildman–Crippen MR) is 116 cm³/mol. The molecule has 2 aromatic carbocycles. The van der Waals surface area contributed by atoms with Gasteiger partial charge in [0.1, 0.15) is 11.5 Å². The molecule has 0 spiro atoms. The highest BCUT2D eigenvalue weighted by Crippen LogP contribution is 2.40. The average molecular weight is 463 g/mol. The molecule has 0 amide bonds. The highest BCUT2D eigenvalue weighted by Gasteiger charge is 2.40. The number of hydrogen-bond acceptors (Lipinski definition) is 4. The maximum absolute atomic E-state index is 13.4. The van der Waals surface area contributed by atoms with Crippen LogP contribution >= 0.6 is 0 Å². The Balaban J connectivity index is 2.17. The van der Waals surface area contributed by atoms with Gasteiger partial charge in [0, 0.05) is 16.6 Å². The summed E-state index contributed by atoms with van der Waals surface area (Å²) in [5.41, 5.74) is -0.0289. The minimum absolute atomic E-state index is 0.0785. The Labute approximate surface area is 188 Å². The van der Waals surface area contributed by atoms with Crippen LogP contribution < -0.4 is 4.74 Å². The number of phenolic OH excluding ortho intramolecular Hbond substituents is 1. The number of carbonyl (C=O) groups is 2. The number of phenols is 1. The van der Waals surface area contributed by atoms with Crippen LogP contribution in [-0.4, -0.2) is 33.0 Å². The summed E-state index contributed by atoms with van der Waals surface area (Å²) in [5, 5.41) is 20.6. The number of aromatic hydroxyl groups is 1. The number of alkyl halides is 3. The van der Waals surface area contributed by atoms with E-state index in [1.54, 1.807) is 13.8 Å². The minimum atomic E-state index is -4.85. The summed E-state index contributed by atoms with van der Waals surface area (Å²) in [7, 11) is 0. The Morgan fingerprint density at radius 1 is 1.09 bits per heavy atom. The topological polar surface area (TPSA) is 88.8 Å². The maximum Gasteiger partial charge on any atom is 0.573 e. The van der Waals surface area contributed by atoms with Gasteiger partial charge < -0.3 is 14.9 Å². The molecule has 3 aromatic rings. The summed E-state index contributed by atoms with van der Waals surface area (Å²) in [6.07, 6.45) is -3.11. The zero-order chi connectivity index (χ0) is 24.6. The second kappa shape index (κ2) is 8.80. The van der Waals surface area contributed by atoms with Crippen molar-refractivity contribution in [2.45, 2.75) is 51.8 Å². The molecule has 1 atom stereocenters. The standard InChI is InChI=1S/C24H24F3NO5/c1-4-5-12-23(3,22(31)32)20-14(2)28(19-11-8-16(29)13-18(19)20)21(30)15-6-9-17(10-7-15)33-24(25,26)27/h6-11,13,29H,4-5,12H2,1-3H3,(H,31,32)/t23-/m1/s1.